The Morgan fingerprint density at radius 2 is 1.60 bits per heavy atom. The van der Waals surface area contributed by atoms with Gasteiger partial charge in [-0.15, -0.1) is 0 Å². The van der Waals surface area contributed by atoms with Crippen molar-refractivity contribution < 1.29 is 13.5 Å². The Morgan fingerprint density at radius 1 is 1.15 bits per heavy atom. The van der Waals surface area contributed by atoms with Gasteiger partial charge in [0.15, 0.2) is 0 Å². The van der Waals surface area contributed by atoms with Crippen molar-refractivity contribution in [2.75, 3.05) is 34.7 Å². The van der Waals surface area contributed by atoms with Crippen LogP contribution in [0.2, 0.25) is 0 Å². The van der Waals surface area contributed by atoms with Crippen LogP contribution in [0.15, 0.2) is 0 Å². The number of aliphatic hydroxyl groups is 1. The van der Waals surface area contributed by atoms with E-state index in [1.54, 1.807) is 7.05 Å². The van der Waals surface area contributed by atoms with Crippen LogP contribution in [0.3, 0.4) is 0 Å². The molecule has 0 rings (SSSR count). The van der Waals surface area contributed by atoms with E-state index in [4.69, 9.17) is 0 Å². The molecule has 6 nitrogen and oxygen atoms in total. The molecule has 0 aromatic rings. The third-order valence-corrected chi connectivity index (χ3v) is 6.40. The van der Waals surface area contributed by atoms with Crippen molar-refractivity contribution in [3.8, 4) is 0 Å². The molecule has 0 aliphatic heterocycles. The van der Waals surface area contributed by atoms with Gasteiger partial charge in [-0.2, -0.15) is 17.0 Å². The lowest BCUT2D eigenvalue weighted by Gasteiger charge is -2.37. The van der Waals surface area contributed by atoms with E-state index in [1.807, 2.05) is 46.7 Å². The Bertz CT molecular complexity index is 396. The minimum absolute atomic E-state index is 0.0752. The van der Waals surface area contributed by atoms with Gasteiger partial charge in [0.25, 0.3) is 10.2 Å². The Labute approximate surface area is 124 Å². The molecule has 122 valence electrons. The lowest BCUT2D eigenvalue weighted by Crippen LogP contribution is -2.53. The van der Waals surface area contributed by atoms with Gasteiger partial charge in [0.2, 0.25) is 0 Å². The third-order valence-electron chi connectivity index (χ3n) is 4.27. The summed E-state index contributed by atoms with van der Waals surface area (Å²) in [6, 6.07) is -0.114. The van der Waals surface area contributed by atoms with Crippen LogP contribution < -0.4 is 0 Å². The zero-order valence-electron chi connectivity index (χ0n) is 14.1. The molecule has 0 aliphatic rings. The molecule has 2 atom stereocenters. The molecule has 0 aromatic carbocycles. The monoisotopic (exact) mass is 309 g/mol. The fourth-order valence-corrected chi connectivity index (χ4v) is 3.11. The molecular weight excluding hydrogens is 278 g/mol. The number of hydrogen-bond donors (Lipinski definition) is 1. The maximum Gasteiger partial charge on any atom is 0.282 e. The predicted octanol–water partition coefficient (Wildman–Crippen LogP) is 0.594. The topological polar surface area (TPSA) is 64.1 Å². The molecule has 0 aliphatic carbocycles. The van der Waals surface area contributed by atoms with Crippen molar-refractivity contribution in [3.05, 3.63) is 0 Å². The second-order valence-corrected chi connectivity index (χ2v) is 8.26. The molecule has 0 amide bonds. The van der Waals surface area contributed by atoms with Crippen molar-refractivity contribution >= 4 is 10.2 Å². The van der Waals surface area contributed by atoms with Crippen LogP contribution in [-0.4, -0.2) is 79.5 Å². The lowest BCUT2D eigenvalue weighted by atomic mass is 10.0. The van der Waals surface area contributed by atoms with Gasteiger partial charge in [-0.05, 0) is 41.3 Å². The molecule has 0 heterocycles. The van der Waals surface area contributed by atoms with E-state index in [0.717, 1.165) is 0 Å². The second kappa shape index (κ2) is 7.17. The van der Waals surface area contributed by atoms with Gasteiger partial charge >= 0.3 is 0 Å². The number of rotatable bonds is 8. The maximum atomic E-state index is 12.5. The van der Waals surface area contributed by atoms with Crippen molar-refractivity contribution in [2.45, 2.75) is 51.8 Å². The smallest absolute Gasteiger partial charge is 0.282 e. The van der Waals surface area contributed by atoms with Crippen LogP contribution in [-0.2, 0) is 10.2 Å². The second-order valence-electron chi connectivity index (χ2n) is 6.19. The van der Waals surface area contributed by atoms with E-state index in [0.29, 0.717) is 6.42 Å². The Morgan fingerprint density at radius 3 is 1.95 bits per heavy atom. The van der Waals surface area contributed by atoms with E-state index in [-0.39, 0.29) is 12.6 Å². The number of likely N-dealkylation sites (N-methyl/N-ethyl adjacent to an activating group) is 2. The summed E-state index contributed by atoms with van der Waals surface area (Å²) < 4.78 is 27.6. The van der Waals surface area contributed by atoms with Gasteiger partial charge in [-0.1, -0.05) is 6.92 Å². The SMILES string of the molecule is CCC(C)(C)N(C)S(=O)(=O)N(C)C[C@@H](O)[C@H](C)N(C)C. The highest BCUT2D eigenvalue weighted by molar-refractivity contribution is 7.86. The summed E-state index contributed by atoms with van der Waals surface area (Å²) >= 11 is 0. The summed E-state index contributed by atoms with van der Waals surface area (Å²) in [5, 5.41) is 10.1. The first-order chi connectivity index (χ1) is 8.87. The number of hydrogen-bond acceptors (Lipinski definition) is 4. The first-order valence-electron chi connectivity index (χ1n) is 6.92. The van der Waals surface area contributed by atoms with E-state index < -0.39 is 21.9 Å². The summed E-state index contributed by atoms with van der Waals surface area (Å²) in [5.41, 5.74) is -0.453. The zero-order valence-corrected chi connectivity index (χ0v) is 14.9. The fraction of sp³-hybridized carbons (Fsp3) is 1.00. The summed E-state index contributed by atoms with van der Waals surface area (Å²) in [4.78, 5) is 1.87. The first kappa shape index (κ1) is 19.8. The minimum Gasteiger partial charge on any atom is -0.390 e. The minimum atomic E-state index is -3.57. The van der Waals surface area contributed by atoms with Crippen LogP contribution in [0.25, 0.3) is 0 Å². The summed E-state index contributed by atoms with van der Waals surface area (Å²) in [6.07, 6.45) is -0.0179. The van der Waals surface area contributed by atoms with Crippen LogP contribution in [0.5, 0.6) is 0 Å². The van der Waals surface area contributed by atoms with Crippen LogP contribution in [0, 0.1) is 0 Å². The van der Waals surface area contributed by atoms with Crippen LogP contribution >= 0.6 is 0 Å². The van der Waals surface area contributed by atoms with Crippen molar-refractivity contribution in [1.82, 2.24) is 13.5 Å². The molecule has 0 saturated carbocycles. The van der Waals surface area contributed by atoms with Crippen molar-refractivity contribution in [2.24, 2.45) is 0 Å². The molecule has 0 radical (unpaired) electrons. The van der Waals surface area contributed by atoms with Gasteiger partial charge in [-0.25, -0.2) is 0 Å². The number of nitrogens with zero attached hydrogens (tertiary/aromatic N) is 3. The standard InChI is InChI=1S/C13H31N3O3S/c1-9-13(3,4)16(8)20(18,19)15(7)10-12(17)11(2)14(5)6/h11-12,17H,9-10H2,1-8H3/t11-,12+/m0/s1. The summed E-state index contributed by atoms with van der Waals surface area (Å²) in [5.74, 6) is 0. The average Bonchev–Trinajstić information content (AvgIpc) is 2.36. The average molecular weight is 309 g/mol. The highest BCUT2D eigenvalue weighted by Crippen LogP contribution is 2.22. The van der Waals surface area contributed by atoms with Crippen LogP contribution in [0.4, 0.5) is 0 Å². The molecule has 0 unspecified atom stereocenters. The third kappa shape index (κ3) is 4.66. The normalized spacial score (nSPS) is 17.0. The molecule has 0 bridgehead atoms. The maximum absolute atomic E-state index is 12.5. The Hall–Kier alpha value is -0.210. The summed E-state index contributed by atoms with van der Waals surface area (Å²) in [7, 11) is 3.22. The zero-order chi connectivity index (χ0) is 16.3. The van der Waals surface area contributed by atoms with Crippen LogP contribution in [0.1, 0.15) is 34.1 Å². The number of aliphatic hydroxyl groups excluding tert-OH is 1. The van der Waals surface area contributed by atoms with Gasteiger partial charge in [0.1, 0.15) is 0 Å². The summed E-state index contributed by atoms with van der Waals surface area (Å²) in [6.45, 7) is 7.67. The largest absolute Gasteiger partial charge is 0.390 e. The molecule has 0 aromatic heterocycles. The fourth-order valence-electron chi connectivity index (χ4n) is 1.60. The van der Waals surface area contributed by atoms with E-state index in [1.165, 1.54) is 15.7 Å². The van der Waals surface area contributed by atoms with E-state index in [2.05, 4.69) is 0 Å². The lowest BCUT2D eigenvalue weighted by molar-refractivity contribution is 0.0711. The van der Waals surface area contributed by atoms with Gasteiger partial charge in [0.05, 0.1) is 6.10 Å². The first-order valence-corrected chi connectivity index (χ1v) is 8.32. The van der Waals surface area contributed by atoms with E-state index in [9.17, 15) is 13.5 Å². The van der Waals surface area contributed by atoms with Crippen molar-refractivity contribution in [3.63, 3.8) is 0 Å². The highest BCUT2D eigenvalue weighted by Gasteiger charge is 2.35. The van der Waals surface area contributed by atoms with Gasteiger partial charge in [0, 0.05) is 32.2 Å². The van der Waals surface area contributed by atoms with E-state index >= 15 is 0 Å². The Balaban J connectivity index is 4.97. The molecule has 0 saturated heterocycles. The molecule has 7 heteroatoms. The van der Waals surface area contributed by atoms with Gasteiger partial charge < -0.3 is 10.0 Å². The molecule has 0 spiro atoms. The molecular formula is C13H31N3O3S. The molecule has 0 fully saturated rings. The van der Waals surface area contributed by atoms with Crippen molar-refractivity contribution in [1.29, 1.82) is 0 Å². The molecule has 20 heavy (non-hydrogen) atoms. The Kier molecular flexibility index (Phi) is 7.10. The highest BCUT2D eigenvalue weighted by atomic mass is 32.2. The quantitative estimate of drug-likeness (QED) is 0.713. The molecule has 1 N–H and O–H groups in total. The predicted molar refractivity (Wildman–Crippen MR) is 82.8 cm³/mol. The van der Waals surface area contributed by atoms with Gasteiger partial charge in [-0.3, -0.25) is 0 Å².